The molecule has 0 saturated carbocycles. The third-order valence-electron chi connectivity index (χ3n) is 3.55. The van der Waals surface area contributed by atoms with E-state index in [2.05, 4.69) is 10.3 Å². The van der Waals surface area contributed by atoms with Crippen LogP contribution in [0.15, 0.2) is 24.4 Å². The van der Waals surface area contributed by atoms with Gasteiger partial charge in [0.05, 0.1) is 0 Å². The summed E-state index contributed by atoms with van der Waals surface area (Å²) in [5.74, 6) is 2.45. The maximum absolute atomic E-state index is 8.78. The van der Waals surface area contributed by atoms with Crippen LogP contribution in [0.1, 0.15) is 19.3 Å². The number of aliphatic hydroxyl groups excluding tert-OH is 1. The number of fused-ring (bicyclic) bond motifs is 2. The predicted molar refractivity (Wildman–Crippen MR) is 82.2 cm³/mol. The lowest BCUT2D eigenvalue weighted by Gasteiger charge is -2.19. The van der Waals surface area contributed by atoms with Crippen molar-refractivity contribution in [1.29, 1.82) is 0 Å². The Labute approximate surface area is 123 Å². The highest BCUT2D eigenvalue weighted by molar-refractivity contribution is 5.94. The molecule has 1 aromatic carbocycles. The molecule has 5 heteroatoms. The zero-order valence-electron chi connectivity index (χ0n) is 12.0. The fourth-order valence-electron chi connectivity index (χ4n) is 2.47. The summed E-state index contributed by atoms with van der Waals surface area (Å²) in [6.07, 6.45) is 4.68. The van der Waals surface area contributed by atoms with E-state index < -0.39 is 0 Å². The van der Waals surface area contributed by atoms with Crippen molar-refractivity contribution < 1.29 is 14.6 Å². The first-order valence-corrected chi connectivity index (χ1v) is 7.41. The van der Waals surface area contributed by atoms with E-state index in [0.29, 0.717) is 13.2 Å². The van der Waals surface area contributed by atoms with Crippen molar-refractivity contribution >= 4 is 16.6 Å². The van der Waals surface area contributed by atoms with Gasteiger partial charge in [-0.15, -0.1) is 0 Å². The first-order valence-electron chi connectivity index (χ1n) is 7.41. The number of hydrogen-bond donors (Lipinski definition) is 2. The van der Waals surface area contributed by atoms with Crippen molar-refractivity contribution in [1.82, 2.24) is 4.98 Å². The number of pyridine rings is 1. The van der Waals surface area contributed by atoms with Crippen LogP contribution in [0, 0.1) is 0 Å². The number of hydrogen-bond acceptors (Lipinski definition) is 5. The fraction of sp³-hybridized carbons (Fsp3) is 0.438. The van der Waals surface area contributed by atoms with Gasteiger partial charge in [-0.05, 0) is 42.8 Å². The van der Waals surface area contributed by atoms with Crippen molar-refractivity contribution in [2.24, 2.45) is 0 Å². The standard InChI is InChI=1S/C16H20N2O3/c19-7-3-1-2-5-17-16-13-11-15-14(20-8-9-21-15)10-12(13)4-6-18-16/h4,6,10-11,19H,1-3,5,7-9H2,(H,17,18). The molecule has 0 fully saturated rings. The van der Waals surface area contributed by atoms with Crippen molar-refractivity contribution in [2.45, 2.75) is 19.3 Å². The SMILES string of the molecule is OCCCCCNc1nccc2cc3c(cc12)OCCO3. The van der Waals surface area contributed by atoms with Crippen molar-refractivity contribution in [3.8, 4) is 11.5 Å². The Morgan fingerprint density at radius 1 is 1.10 bits per heavy atom. The Bertz CT molecular complexity index is 616. The minimum atomic E-state index is 0.260. The monoisotopic (exact) mass is 288 g/mol. The summed E-state index contributed by atoms with van der Waals surface area (Å²) in [5.41, 5.74) is 0. The third-order valence-corrected chi connectivity index (χ3v) is 3.55. The number of benzene rings is 1. The van der Waals surface area contributed by atoms with Gasteiger partial charge in [0.1, 0.15) is 19.0 Å². The Balaban J connectivity index is 1.78. The van der Waals surface area contributed by atoms with Gasteiger partial charge in [-0.2, -0.15) is 0 Å². The second kappa shape index (κ2) is 6.63. The summed E-state index contributed by atoms with van der Waals surface area (Å²) in [7, 11) is 0. The summed E-state index contributed by atoms with van der Waals surface area (Å²) in [4.78, 5) is 4.42. The number of aliphatic hydroxyl groups is 1. The molecule has 1 aliphatic rings. The van der Waals surface area contributed by atoms with Gasteiger partial charge in [0, 0.05) is 24.7 Å². The molecular formula is C16H20N2O3. The predicted octanol–water partition coefficient (Wildman–Crippen LogP) is 2.58. The molecule has 2 heterocycles. The average molecular weight is 288 g/mol. The number of rotatable bonds is 6. The van der Waals surface area contributed by atoms with Gasteiger partial charge in [-0.1, -0.05) is 0 Å². The maximum atomic E-state index is 8.78. The van der Waals surface area contributed by atoms with Crippen LogP contribution < -0.4 is 14.8 Å². The fourth-order valence-corrected chi connectivity index (χ4v) is 2.47. The van der Waals surface area contributed by atoms with Gasteiger partial charge in [0.25, 0.3) is 0 Å². The minimum absolute atomic E-state index is 0.260. The maximum Gasteiger partial charge on any atom is 0.162 e. The first kappa shape index (κ1) is 13.9. The lowest BCUT2D eigenvalue weighted by atomic mass is 10.1. The topological polar surface area (TPSA) is 63.6 Å². The average Bonchev–Trinajstić information content (AvgIpc) is 2.53. The molecule has 1 aliphatic heterocycles. The van der Waals surface area contributed by atoms with Crippen LogP contribution >= 0.6 is 0 Å². The lowest BCUT2D eigenvalue weighted by molar-refractivity contribution is 0.172. The molecule has 0 amide bonds. The smallest absolute Gasteiger partial charge is 0.162 e. The lowest BCUT2D eigenvalue weighted by Crippen LogP contribution is -2.15. The van der Waals surface area contributed by atoms with E-state index in [1.165, 1.54) is 0 Å². The van der Waals surface area contributed by atoms with E-state index in [4.69, 9.17) is 14.6 Å². The Morgan fingerprint density at radius 3 is 2.71 bits per heavy atom. The highest BCUT2D eigenvalue weighted by Crippen LogP contribution is 2.36. The van der Waals surface area contributed by atoms with E-state index in [-0.39, 0.29) is 6.61 Å². The van der Waals surface area contributed by atoms with E-state index in [1.807, 2.05) is 18.2 Å². The molecular weight excluding hydrogens is 268 g/mol. The molecule has 1 aromatic heterocycles. The molecule has 0 aliphatic carbocycles. The Kier molecular flexibility index (Phi) is 4.40. The number of unbranched alkanes of at least 4 members (excludes halogenated alkanes) is 2. The van der Waals surface area contributed by atoms with Gasteiger partial charge in [0.15, 0.2) is 11.5 Å². The molecule has 0 saturated heterocycles. The summed E-state index contributed by atoms with van der Waals surface area (Å²) < 4.78 is 11.2. The van der Waals surface area contributed by atoms with Gasteiger partial charge in [-0.25, -0.2) is 4.98 Å². The normalized spacial score (nSPS) is 13.4. The molecule has 5 nitrogen and oxygen atoms in total. The summed E-state index contributed by atoms with van der Waals surface area (Å²) in [6, 6.07) is 5.97. The van der Waals surface area contributed by atoms with Crippen molar-refractivity contribution in [3.63, 3.8) is 0 Å². The van der Waals surface area contributed by atoms with Crippen LogP contribution in [0.2, 0.25) is 0 Å². The first-order chi connectivity index (χ1) is 10.4. The van der Waals surface area contributed by atoms with Crippen LogP contribution in [0.5, 0.6) is 11.5 Å². The molecule has 21 heavy (non-hydrogen) atoms. The van der Waals surface area contributed by atoms with Gasteiger partial charge in [-0.3, -0.25) is 0 Å². The zero-order chi connectivity index (χ0) is 14.5. The number of nitrogens with one attached hydrogen (secondary N) is 1. The van der Waals surface area contributed by atoms with E-state index in [1.54, 1.807) is 6.20 Å². The summed E-state index contributed by atoms with van der Waals surface area (Å²) >= 11 is 0. The molecule has 0 bridgehead atoms. The summed E-state index contributed by atoms with van der Waals surface area (Å²) in [5, 5.41) is 14.3. The number of aromatic nitrogens is 1. The number of nitrogens with zero attached hydrogens (tertiary/aromatic N) is 1. The van der Waals surface area contributed by atoms with E-state index in [0.717, 1.165) is 53.9 Å². The number of anilines is 1. The highest BCUT2D eigenvalue weighted by Gasteiger charge is 2.14. The third kappa shape index (κ3) is 3.19. The Hall–Kier alpha value is -2.01. The zero-order valence-corrected chi connectivity index (χ0v) is 12.0. The van der Waals surface area contributed by atoms with Gasteiger partial charge in [0.2, 0.25) is 0 Å². The Morgan fingerprint density at radius 2 is 1.90 bits per heavy atom. The molecule has 0 radical (unpaired) electrons. The van der Waals surface area contributed by atoms with E-state index in [9.17, 15) is 0 Å². The van der Waals surface area contributed by atoms with Gasteiger partial charge < -0.3 is 19.9 Å². The van der Waals surface area contributed by atoms with Crippen LogP contribution in [-0.4, -0.2) is 36.5 Å². The molecule has 3 rings (SSSR count). The van der Waals surface area contributed by atoms with Crippen LogP contribution in [-0.2, 0) is 0 Å². The largest absolute Gasteiger partial charge is 0.486 e. The van der Waals surface area contributed by atoms with Crippen LogP contribution in [0.25, 0.3) is 10.8 Å². The minimum Gasteiger partial charge on any atom is -0.486 e. The summed E-state index contributed by atoms with van der Waals surface area (Å²) in [6.45, 7) is 2.29. The van der Waals surface area contributed by atoms with Crippen LogP contribution in [0.4, 0.5) is 5.82 Å². The van der Waals surface area contributed by atoms with E-state index >= 15 is 0 Å². The second-order valence-corrected chi connectivity index (χ2v) is 5.09. The van der Waals surface area contributed by atoms with Crippen molar-refractivity contribution in [3.05, 3.63) is 24.4 Å². The molecule has 112 valence electrons. The molecule has 2 N–H and O–H groups in total. The van der Waals surface area contributed by atoms with Crippen LogP contribution in [0.3, 0.4) is 0 Å². The quantitative estimate of drug-likeness (QED) is 0.800. The number of ether oxygens (including phenoxy) is 2. The second-order valence-electron chi connectivity index (χ2n) is 5.09. The molecule has 0 unspecified atom stereocenters. The molecule has 0 atom stereocenters. The van der Waals surface area contributed by atoms with Crippen molar-refractivity contribution in [2.75, 3.05) is 31.7 Å². The molecule has 2 aromatic rings. The van der Waals surface area contributed by atoms with Gasteiger partial charge >= 0.3 is 0 Å². The molecule has 0 spiro atoms. The highest BCUT2D eigenvalue weighted by atomic mass is 16.6.